The molecule has 0 saturated heterocycles. The highest BCUT2D eigenvalue weighted by Gasteiger charge is 2.27. The SMILES string of the molecule is Cn1cc(C2=C(F)CC(N)C(C(=N)c3cc(N4CCc5oncc5C4)ncn3)=C2)cn1. The van der Waals surface area contributed by atoms with E-state index in [1.165, 1.54) is 6.33 Å². The summed E-state index contributed by atoms with van der Waals surface area (Å²) in [5.41, 5.74) is 9.41. The van der Waals surface area contributed by atoms with Crippen molar-refractivity contribution in [1.82, 2.24) is 24.9 Å². The minimum Gasteiger partial charge on any atom is -0.361 e. The molecule has 0 bridgehead atoms. The summed E-state index contributed by atoms with van der Waals surface area (Å²) in [5, 5.41) is 16.7. The van der Waals surface area contributed by atoms with Gasteiger partial charge in [0.1, 0.15) is 23.7 Å². The maximum absolute atomic E-state index is 14.6. The molecule has 3 aromatic heterocycles. The van der Waals surface area contributed by atoms with Crippen molar-refractivity contribution in [3.63, 3.8) is 0 Å². The number of nitrogens with zero attached hydrogens (tertiary/aromatic N) is 6. The molecule has 3 aromatic rings. The van der Waals surface area contributed by atoms with Crippen LogP contribution < -0.4 is 10.6 Å². The van der Waals surface area contributed by atoms with Crippen LogP contribution in [-0.4, -0.2) is 43.2 Å². The van der Waals surface area contributed by atoms with Gasteiger partial charge in [-0.05, 0) is 11.6 Å². The normalized spacial score (nSPS) is 18.7. The standard InChI is InChI=1S/C21H21FN8O/c1-29-9-12(7-27-29)14-4-15(17(23)5-16(14)22)21(24)18-6-20(26-11-25-18)30-3-2-19-13(10-30)8-28-31-19/h4,6-9,11,17,24H,2-3,5,10,23H2,1H3. The van der Waals surface area contributed by atoms with E-state index in [2.05, 4.69) is 25.1 Å². The molecule has 0 radical (unpaired) electrons. The molecule has 5 rings (SSSR count). The van der Waals surface area contributed by atoms with E-state index < -0.39 is 6.04 Å². The van der Waals surface area contributed by atoms with Gasteiger partial charge in [0.15, 0.2) is 0 Å². The molecule has 0 spiro atoms. The van der Waals surface area contributed by atoms with E-state index in [0.29, 0.717) is 34.8 Å². The summed E-state index contributed by atoms with van der Waals surface area (Å²) in [6.07, 6.45) is 8.89. The Morgan fingerprint density at radius 1 is 1.32 bits per heavy atom. The predicted molar refractivity (Wildman–Crippen MR) is 112 cm³/mol. The van der Waals surface area contributed by atoms with Crippen molar-refractivity contribution in [2.45, 2.75) is 25.4 Å². The molecule has 0 fully saturated rings. The van der Waals surface area contributed by atoms with Gasteiger partial charge in [-0.15, -0.1) is 0 Å². The highest BCUT2D eigenvalue weighted by Crippen LogP contribution is 2.32. The third kappa shape index (κ3) is 3.55. The van der Waals surface area contributed by atoms with Crippen molar-refractivity contribution >= 4 is 17.1 Å². The molecule has 4 heterocycles. The molecule has 1 aliphatic carbocycles. The van der Waals surface area contributed by atoms with Crippen LogP contribution in [0, 0.1) is 5.41 Å². The van der Waals surface area contributed by atoms with Gasteiger partial charge < -0.3 is 15.2 Å². The largest absolute Gasteiger partial charge is 0.361 e. The van der Waals surface area contributed by atoms with Crippen LogP contribution in [0.25, 0.3) is 5.57 Å². The van der Waals surface area contributed by atoms with Crippen molar-refractivity contribution < 1.29 is 8.91 Å². The Bertz CT molecular complexity index is 1220. The fraction of sp³-hybridized carbons (Fsp3) is 0.286. The minimum absolute atomic E-state index is 0.0266. The summed E-state index contributed by atoms with van der Waals surface area (Å²) in [7, 11) is 1.77. The molecule has 3 N–H and O–H groups in total. The zero-order chi connectivity index (χ0) is 21.5. The van der Waals surface area contributed by atoms with E-state index in [-0.39, 0.29) is 18.0 Å². The average molecular weight is 420 g/mol. The van der Waals surface area contributed by atoms with Gasteiger partial charge in [-0.1, -0.05) is 5.16 Å². The summed E-state index contributed by atoms with van der Waals surface area (Å²) < 4.78 is 21.5. The quantitative estimate of drug-likeness (QED) is 0.620. The maximum atomic E-state index is 14.6. The average Bonchev–Trinajstić information content (AvgIpc) is 3.41. The van der Waals surface area contributed by atoms with Crippen LogP contribution in [-0.2, 0) is 20.0 Å². The van der Waals surface area contributed by atoms with Crippen molar-refractivity contribution in [3.05, 3.63) is 71.0 Å². The van der Waals surface area contributed by atoms with Crippen LogP contribution in [0.2, 0.25) is 0 Å². The summed E-state index contributed by atoms with van der Waals surface area (Å²) in [6.45, 7) is 1.36. The third-order valence-electron chi connectivity index (χ3n) is 5.63. The maximum Gasteiger partial charge on any atom is 0.143 e. The number of hydrogen-bond donors (Lipinski definition) is 2. The lowest BCUT2D eigenvalue weighted by Crippen LogP contribution is -2.32. The van der Waals surface area contributed by atoms with Gasteiger partial charge in [0, 0.05) is 68.0 Å². The van der Waals surface area contributed by atoms with E-state index in [1.54, 1.807) is 42.5 Å². The second-order valence-corrected chi connectivity index (χ2v) is 7.71. The third-order valence-corrected chi connectivity index (χ3v) is 5.63. The van der Waals surface area contributed by atoms with Gasteiger partial charge >= 0.3 is 0 Å². The zero-order valence-electron chi connectivity index (χ0n) is 16.9. The fourth-order valence-corrected chi connectivity index (χ4v) is 3.95. The number of halogens is 1. The zero-order valence-corrected chi connectivity index (χ0v) is 16.9. The van der Waals surface area contributed by atoms with Crippen molar-refractivity contribution in [2.75, 3.05) is 11.4 Å². The van der Waals surface area contributed by atoms with Crippen molar-refractivity contribution in [2.24, 2.45) is 12.8 Å². The van der Waals surface area contributed by atoms with Gasteiger partial charge in [-0.2, -0.15) is 5.10 Å². The monoisotopic (exact) mass is 420 g/mol. The van der Waals surface area contributed by atoms with Crippen molar-refractivity contribution in [3.8, 4) is 0 Å². The Balaban J connectivity index is 1.44. The fourth-order valence-electron chi connectivity index (χ4n) is 3.95. The number of aryl methyl sites for hydroxylation is 1. The first-order chi connectivity index (χ1) is 15.0. The number of hydrogen-bond acceptors (Lipinski definition) is 8. The topological polar surface area (TPSA) is 123 Å². The van der Waals surface area contributed by atoms with Gasteiger partial charge in [-0.3, -0.25) is 10.1 Å². The minimum atomic E-state index is -0.624. The molecule has 158 valence electrons. The number of rotatable bonds is 4. The summed E-state index contributed by atoms with van der Waals surface area (Å²) in [4.78, 5) is 10.8. The molecule has 1 unspecified atom stereocenters. The van der Waals surface area contributed by atoms with Crippen LogP contribution in [0.5, 0.6) is 0 Å². The molecular formula is C21H21FN8O. The lowest BCUT2D eigenvalue weighted by atomic mass is 9.88. The molecule has 0 aromatic carbocycles. The number of nitrogens with one attached hydrogen (secondary N) is 1. The lowest BCUT2D eigenvalue weighted by Gasteiger charge is -2.27. The second kappa shape index (κ2) is 7.55. The number of fused-ring (bicyclic) bond motifs is 1. The van der Waals surface area contributed by atoms with Crippen molar-refractivity contribution in [1.29, 1.82) is 5.41 Å². The van der Waals surface area contributed by atoms with Crippen LogP contribution in [0.15, 0.2) is 53.0 Å². The highest BCUT2D eigenvalue weighted by molar-refractivity contribution is 6.12. The van der Waals surface area contributed by atoms with Crippen LogP contribution in [0.3, 0.4) is 0 Å². The first-order valence-electron chi connectivity index (χ1n) is 9.93. The molecule has 1 aliphatic heterocycles. The van der Waals surface area contributed by atoms with Crippen LogP contribution in [0.4, 0.5) is 10.2 Å². The Morgan fingerprint density at radius 2 is 2.19 bits per heavy atom. The predicted octanol–water partition coefficient (Wildman–Crippen LogP) is 2.17. The van der Waals surface area contributed by atoms with E-state index in [1.807, 2.05) is 0 Å². The smallest absolute Gasteiger partial charge is 0.143 e. The number of aromatic nitrogens is 5. The summed E-state index contributed by atoms with van der Waals surface area (Å²) >= 11 is 0. The highest BCUT2D eigenvalue weighted by atomic mass is 19.1. The van der Waals surface area contributed by atoms with Gasteiger partial charge in [0.05, 0.1) is 23.8 Å². The molecule has 10 heteroatoms. The lowest BCUT2D eigenvalue weighted by molar-refractivity contribution is 0.377. The first kappa shape index (κ1) is 19.3. The molecule has 9 nitrogen and oxygen atoms in total. The number of nitrogens with two attached hydrogens (primary N) is 1. The van der Waals surface area contributed by atoms with Gasteiger partial charge in [0.2, 0.25) is 0 Å². The number of allylic oxidation sites excluding steroid dienone is 2. The molecule has 31 heavy (non-hydrogen) atoms. The molecule has 1 atom stereocenters. The summed E-state index contributed by atoms with van der Waals surface area (Å²) in [5.74, 6) is 1.30. The Hall–Kier alpha value is -3.66. The van der Waals surface area contributed by atoms with Crippen LogP contribution >= 0.6 is 0 Å². The van der Waals surface area contributed by atoms with E-state index in [4.69, 9.17) is 15.7 Å². The first-order valence-corrected chi connectivity index (χ1v) is 9.93. The molecule has 2 aliphatic rings. The summed E-state index contributed by atoms with van der Waals surface area (Å²) in [6, 6.07) is 1.15. The van der Waals surface area contributed by atoms with E-state index in [9.17, 15) is 4.39 Å². The number of anilines is 1. The van der Waals surface area contributed by atoms with Crippen LogP contribution in [0.1, 0.15) is 29.0 Å². The van der Waals surface area contributed by atoms with E-state index in [0.717, 1.165) is 24.3 Å². The van der Waals surface area contributed by atoms with Gasteiger partial charge in [0.25, 0.3) is 0 Å². The molecular weight excluding hydrogens is 399 g/mol. The molecule has 0 amide bonds. The Kier molecular flexibility index (Phi) is 4.70. The Labute approximate surface area is 177 Å². The van der Waals surface area contributed by atoms with E-state index >= 15 is 0 Å². The Morgan fingerprint density at radius 3 is 3.00 bits per heavy atom. The molecule has 0 saturated carbocycles. The second-order valence-electron chi connectivity index (χ2n) is 7.71. The van der Waals surface area contributed by atoms with Gasteiger partial charge in [-0.25, -0.2) is 14.4 Å².